The largest absolute Gasteiger partial charge is 0.487 e. The molecule has 2 aromatic heterocycles. The third-order valence-electron chi connectivity index (χ3n) is 11.4. The van der Waals surface area contributed by atoms with Gasteiger partial charge >= 0.3 is 12.2 Å². The van der Waals surface area contributed by atoms with Crippen LogP contribution in [0, 0.1) is 23.7 Å². The van der Waals surface area contributed by atoms with Crippen molar-refractivity contribution in [3.63, 3.8) is 0 Å². The van der Waals surface area contributed by atoms with Crippen molar-refractivity contribution in [3.05, 3.63) is 59.3 Å². The Balaban J connectivity index is 1.29. The minimum Gasteiger partial charge on any atom is -0.487 e. The van der Waals surface area contributed by atoms with Crippen LogP contribution in [0.5, 0.6) is 11.5 Å². The fourth-order valence-corrected chi connectivity index (χ4v) is 8.05. The minimum absolute atomic E-state index is 0.146. The van der Waals surface area contributed by atoms with Gasteiger partial charge in [0, 0.05) is 38.4 Å². The smallest absolute Gasteiger partial charge is 0.407 e. The molecule has 64 heavy (non-hydrogen) atoms. The number of hydrogen-bond donors (Lipinski definition) is 4. The van der Waals surface area contributed by atoms with Crippen LogP contribution in [0.1, 0.15) is 88.2 Å². The molecule has 2 saturated heterocycles. The highest BCUT2D eigenvalue weighted by Crippen LogP contribution is 2.42. The number of aromatic nitrogens is 4. The first-order chi connectivity index (χ1) is 30.9. The lowest BCUT2D eigenvalue weighted by molar-refractivity contribution is -0.136. The fraction of sp³-hybridized carbons (Fsp3) is 0.522. The van der Waals surface area contributed by atoms with Crippen LogP contribution in [-0.4, -0.2) is 134 Å². The molecule has 2 aromatic carbocycles. The first-order valence-corrected chi connectivity index (χ1v) is 21.7. The molecule has 0 spiro atoms. The van der Waals surface area contributed by atoms with Crippen LogP contribution in [-0.2, 0) is 28.5 Å². The normalized spacial score (nSPS) is 17.0. The predicted molar refractivity (Wildman–Crippen MR) is 237 cm³/mol. The van der Waals surface area contributed by atoms with E-state index in [1.54, 1.807) is 30.2 Å². The van der Waals surface area contributed by atoms with E-state index < -0.39 is 24.3 Å². The molecule has 4 atom stereocenters. The molecule has 0 saturated carbocycles. The average Bonchev–Trinajstić information content (AvgIpc) is 4.13. The van der Waals surface area contributed by atoms with Crippen molar-refractivity contribution < 1.29 is 47.6 Å². The van der Waals surface area contributed by atoms with E-state index in [9.17, 15) is 19.2 Å². The number of carbonyl (C=O) groups excluding carboxylic acids is 4. The van der Waals surface area contributed by atoms with Crippen molar-refractivity contribution in [2.45, 2.75) is 77.5 Å². The molecule has 0 unspecified atom stereocenters. The number of alkyl carbamates (subject to hydrolysis) is 2. The van der Waals surface area contributed by atoms with Crippen molar-refractivity contribution in [2.24, 2.45) is 11.8 Å². The number of likely N-dealkylation sites (tertiary alicyclic amines) is 2. The van der Waals surface area contributed by atoms with Gasteiger partial charge in [0.15, 0.2) is 11.5 Å². The zero-order valence-electron chi connectivity index (χ0n) is 37.9. The topological polar surface area (TPSA) is 212 Å². The number of nitrogens with one attached hydrogen (secondary N) is 4. The molecule has 2 aliphatic rings. The summed E-state index contributed by atoms with van der Waals surface area (Å²) in [4.78, 5) is 71.7. The van der Waals surface area contributed by atoms with E-state index in [2.05, 4.69) is 32.4 Å². The van der Waals surface area contributed by atoms with Crippen LogP contribution in [0.3, 0.4) is 0 Å². The van der Waals surface area contributed by atoms with Crippen LogP contribution in [0.2, 0.25) is 0 Å². The number of hydrogen-bond acceptors (Lipinski definition) is 12. The number of carbonyl (C=O) groups is 4. The lowest BCUT2D eigenvalue weighted by Crippen LogP contribution is -2.51. The first kappa shape index (κ1) is 47.2. The highest BCUT2D eigenvalue weighted by Gasteiger charge is 2.39. The molecule has 0 bridgehead atoms. The summed E-state index contributed by atoms with van der Waals surface area (Å²) >= 11 is 0. The Morgan fingerprint density at radius 2 is 1.31 bits per heavy atom. The zero-order valence-corrected chi connectivity index (χ0v) is 37.9. The molecular weight excluding hydrogens is 825 g/mol. The lowest BCUT2D eigenvalue weighted by Gasteiger charge is -2.30. The number of rotatable bonds is 17. The van der Waals surface area contributed by atoms with E-state index in [0.717, 1.165) is 30.3 Å². The van der Waals surface area contributed by atoms with Crippen molar-refractivity contribution >= 4 is 35.0 Å². The molecule has 18 heteroatoms. The molecule has 4 N–H and O–H groups in total. The van der Waals surface area contributed by atoms with Gasteiger partial charge in [-0.15, -0.1) is 0 Å². The molecular formula is C46H60N8O10. The number of nitrogens with zero attached hydrogens (tertiary/aromatic N) is 4. The second-order valence-electron chi connectivity index (χ2n) is 16.4. The van der Waals surface area contributed by atoms with Crippen LogP contribution < -0.4 is 20.1 Å². The second kappa shape index (κ2) is 21.8. The summed E-state index contributed by atoms with van der Waals surface area (Å²) in [6.45, 7) is 9.67. The number of amides is 4. The standard InChI is InChI=1S/C46H60N8O10/c1-27(2)37(51-45(57)61-7)43(55)53-19-9-11-35(53)41-47-26-34(50-41)31-17-16-30(39(63-23-21-59-5)40(31)64-24-22-60-6)15-13-29-14-18-32-33(25-29)49-42(48-32)36-12-10-20-54(36)44(56)38(28(3)4)52-46(58)62-8/h14,16-18,25-28,35-38H,9-12,19-24H2,1-8H3,(H,47,50)(H,48,49)(H,51,57)(H,52,58)/t35-,36-,37-,38-/m0/s1. The molecule has 4 aromatic rings. The molecule has 4 amide bonds. The van der Waals surface area contributed by atoms with Gasteiger partial charge in [0.1, 0.15) is 36.9 Å². The maximum atomic E-state index is 13.8. The lowest BCUT2D eigenvalue weighted by atomic mass is 10.0. The molecule has 6 rings (SSSR count). The number of aromatic amines is 2. The summed E-state index contributed by atoms with van der Waals surface area (Å²) in [5, 5.41) is 5.39. The average molecular weight is 885 g/mol. The summed E-state index contributed by atoms with van der Waals surface area (Å²) in [6, 6.07) is 7.34. The van der Waals surface area contributed by atoms with Gasteiger partial charge in [-0.2, -0.15) is 0 Å². The molecule has 2 aliphatic heterocycles. The SMILES string of the molecule is COCCOc1c(C#Cc2ccc3nc([C@@H]4CCCN4C(=O)[C@@H](NC(=O)OC)C(C)C)[nH]c3c2)ccc(-c2cnc([C@@H]3CCCN3C(=O)[C@@H](NC(=O)OC)C(C)C)[nH]2)c1OCCOC. The number of imidazole rings is 2. The van der Waals surface area contributed by atoms with E-state index in [0.29, 0.717) is 78.3 Å². The maximum absolute atomic E-state index is 13.8. The Morgan fingerprint density at radius 1 is 0.734 bits per heavy atom. The van der Waals surface area contributed by atoms with Gasteiger partial charge in [-0.25, -0.2) is 19.6 Å². The number of benzene rings is 2. The van der Waals surface area contributed by atoms with Crippen LogP contribution in [0.15, 0.2) is 36.5 Å². The number of methoxy groups -OCH3 is 4. The molecule has 0 aliphatic carbocycles. The summed E-state index contributed by atoms with van der Waals surface area (Å²) < 4.78 is 33.0. The highest BCUT2D eigenvalue weighted by atomic mass is 16.6. The zero-order chi connectivity index (χ0) is 45.9. The van der Waals surface area contributed by atoms with E-state index in [1.807, 2.05) is 58.0 Å². The van der Waals surface area contributed by atoms with E-state index in [4.69, 9.17) is 38.4 Å². The Labute approximate surface area is 373 Å². The predicted octanol–water partition coefficient (Wildman–Crippen LogP) is 5.49. The molecule has 18 nitrogen and oxygen atoms in total. The number of ether oxygens (including phenoxy) is 6. The van der Waals surface area contributed by atoms with Gasteiger partial charge in [-0.1, -0.05) is 39.5 Å². The van der Waals surface area contributed by atoms with Gasteiger partial charge < -0.3 is 58.8 Å². The Bertz CT molecular complexity index is 2330. The maximum Gasteiger partial charge on any atom is 0.407 e. The summed E-state index contributed by atoms with van der Waals surface area (Å²) in [5.41, 5.74) is 4.10. The van der Waals surface area contributed by atoms with E-state index in [-0.39, 0.29) is 48.9 Å². The van der Waals surface area contributed by atoms with E-state index in [1.165, 1.54) is 14.2 Å². The Morgan fingerprint density at radius 3 is 1.88 bits per heavy atom. The first-order valence-electron chi connectivity index (χ1n) is 21.7. The van der Waals surface area contributed by atoms with Gasteiger partial charge in [0.25, 0.3) is 0 Å². The molecule has 4 heterocycles. The van der Waals surface area contributed by atoms with Gasteiger partial charge in [-0.3, -0.25) is 9.59 Å². The van der Waals surface area contributed by atoms with Crippen molar-refractivity contribution in [3.8, 4) is 34.6 Å². The molecule has 344 valence electrons. The van der Waals surface area contributed by atoms with Gasteiger partial charge in [0.2, 0.25) is 11.8 Å². The van der Waals surface area contributed by atoms with Crippen LogP contribution >= 0.6 is 0 Å². The highest BCUT2D eigenvalue weighted by molar-refractivity contribution is 5.87. The van der Waals surface area contributed by atoms with Gasteiger partial charge in [-0.05, 0) is 67.9 Å². The quantitative estimate of drug-likeness (QED) is 0.0766. The number of H-pyrrole nitrogens is 2. The van der Waals surface area contributed by atoms with Crippen molar-refractivity contribution in [1.82, 2.24) is 40.4 Å². The Kier molecular flexibility index (Phi) is 16.1. The van der Waals surface area contributed by atoms with Gasteiger partial charge in [0.05, 0.1) is 68.0 Å². The molecule has 0 radical (unpaired) electrons. The second-order valence-corrected chi connectivity index (χ2v) is 16.4. The Hall–Kier alpha value is -6.32. The van der Waals surface area contributed by atoms with Crippen molar-refractivity contribution in [2.75, 3.05) is 68.0 Å². The third kappa shape index (κ3) is 10.9. The van der Waals surface area contributed by atoms with Crippen molar-refractivity contribution in [1.29, 1.82) is 0 Å². The summed E-state index contributed by atoms with van der Waals surface area (Å²) in [7, 11) is 5.74. The monoisotopic (exact) mass is 884 g/mol. The van der Waals surface area contributed by atoms with Crippen LogP contribution in [0.4, 0.5) is 9.59 Å². The third-order valence-corrected chi connectivity index (χ3v) is 11.4. The summed E-state index contributed by atoms with van der Waals surface area (Å²) in [5.74, 6) is 8.01. The van der Waals surface area contributed by atoms with E-state index >= 15 is 0 Å². The molecule has 2 fully saturated rings. The fourth-order valence-electron chi connectivity index (χ4n) is 8.05. The minimum atomic E-state index is -0.760. The number of fused-ring (bicyclic) bond motifs is 1. The summed E-state index contributed by atoms with van der Waals surface area (Å²) in [6.07, 6.45) is 3.39. The van der Waals surface area contributed by atoms with Crippen LogP contribution in [0.25, 0.3) is 22.3 Å².